The molecule has 2 rings (SSSR count). The van der Waals surface area contributed by atoms with Crippen LogP contribution in [0.25, 0.3) is 11.3 Å². The molecule has 0 N–H and O–H groups in total. The average Bonchev–Trinajstić information content (AvgIpc) is 2.73. The van der Waals surface area contributed by atoms with Crippen molar-refractivity contribution in [1.82, 2.24) is 9.78 Å². The van der Waals surface area contributed by atoms with Crippen molar-refractivity contribution in [2.75, 3.05) is 0 Å². The molecule has 3 heteroatoms. The van der Waals surface area contributed by atoms with Gasteiger partial charge in [-0.2, -0.15) is 5.10 Å². The molecule has 3 nitrogen and oxygen atoms in total. The van der Waals surface area contributed by atoms with Gasteiger partial charge < -0.3 is 0 Å². The van der Waals surface area contributed by atoms with E-state index in [0.717, 1.165) is 36.1 Å². The third-order valence-corrected chi connectivity index (χ3v) is 2.77. The number of carbonyl (C=O) groups excluding carboxylic acids is 1. The van der Waals surface area contributed by atoms with Crippen LogP contribution in [0.5, 0.6) is 0 Å². The minimum absolute atomic E-state index is 0.660. The lowest BCUT2D eigenvalue weighted by molar-refractivity contribution is 0.112. The SMILES string of the molecule is CCCn1cc(C=O)c(-c2ccccc2C)n1. The fraction of sp³-hybridized carbons (Fsp3) is 0.286. The number of carbonyl (C=O) groups is 1. The van der Waals surface area contributed by atoms with Crippen molar-refractivity contribution in [2.45, 2.75) is 26.8 Å². The van der Waals surface area contributed by atoms with Crippen LogP contribution >= 0.6 is 0 Å². The van der Waals surface area contributed by atoms with Crippen LogP contribution in [0.4, 0.5) is 0 Å². The number of aromatic nitrogens is 2. The molecule has 0 saturated heterocycles. The van der Waals surface area contributed by atoms with E-state index in [0.29, 0.717) is 5.56 Å². The molecule has 0 aliphatic carbocycles. The molecule has 1 heterocycles. The van der Waals surface area contributed by atoms with Crippen molar-refractivity contribution in [2.24, 2.45) is 0 Å². The molecule has 0 amide bonds. The Labute approximate surface area is 101 Å². The molecule has 0 aliphatic rings. The van der Waals surface area contributed by atoms with E-state index in [2.05, 4.69) is 12.0 Å². The van der Waals surface area contributed by atoms with E-state index in [9.17, 15) is 4.79 Å². The maximum Gasteiger partial charge on any atom is 0.153 e. The van der Waals surface area contributed by atoms with Crippen molar-refractivity contribution >= 4 is 6.29 Å². The van der Waals surface area contributed by atoms with Gasteiger partial charge in [-0.05, 0) is 18.9 Å². The quantitative estimate of drug-likeness (QED) is 0.754. The van der Waals surface area contributed by atoms with Crippen LogP contribution in [0.15, 0.2) is 30.5 Å². The van der Waals surface area contributed by atoms with Crippen molar-refractivity contribution < 1.29 is 4.79 Å². The van der Waals surface area contributed by atoms with Crippen LogP contribution in [0.3, 0.4) is 0 Å². The molecule has 2 aromatic rings. The molecule has 0 aliphatic heterocycles. The Balaban J connectivity index is 2.51. The number of hydrogen-bond acceptors (Lipinski definition) is 2. The third-order valence-electron chi connectivity index (χ3n) is 2.77. The Morgan fingerprint density at radius 3 is 2.76 bits per heavy atom. The lowest BCUT2D eigenvalue weighted by Crippen LogP contribution is -1.97. The molecular weight excluding hydrogens is 212 g/mol. The maximum absolute atomic E-state index is 11.1. The van der Waals surface area contributed by atoms with Gasteiger partial charge >= 0.3 is 0 Å². The van der Waals surface area contributed by atoms with E-state index in [-0.39, 0.29) is 0 Å². The summed E-state index contributed by atoms with van der Waals surface area (Å²) in [5.41, 5.74) is 3.61. The summed E-state index contributed by atoms with van der Waals surface area (Å²) in [6.07, 6.45) is 3.70. The zero-order valence-electron chi connectivity index (χ0n) is 10.2. The first-order valence-corrected chi connectivity index (χ1v) is 5.85. The fourth-order valence-electron chi connectivity index (χ4n) is 1.91. The molecule has 0 spiro atoms. The normalized spacial score (nSPS) is 10.5. The molecule has 1 aromatic heterocycles. The first kappa shape index (κ1) is 11.6. The minimum Gasteiger partial charge on any atom is -0.298 e. The molecule has 0 radical (unpaired) electrons. The second-order valence-corrected chi connectivity index (χ2v) is 4.13. The third kappa shape index (κ3) is 2.28. The van der Waals surface area contributed by atoms with Gasteiger partial charge in [-0.1, -0.05) is 31.2 Å². The molecule has 17 heavy (non-hydrogen) atoms. The highest BCUT2D eigenvalue weighted by Crippen LogP contribution is 2.24. The zero-order valence-corrected chi connectivity index (χ0v) is 10.2. The topological polar surface area (TPSA) is 34.9 Å². The van der Waals surface area contributed by atoms with E-state index in [1.54, 1.807) is 0 Å². The summed E-state index contributed by atoms with van der Waals surface area (Å²) >= 11 is 0. The number of rotatable bonds is 4. The molecule has 0 fully saturated rings. The molecule has 0 saturated carbocycles. The largest absolute Gasteiger partial charge is 0.298 e. The van der Waals surface area contributed by atoms with Crippen LogP contribution in [0, 0.1) is 6.92 Å². The number of benzene rings is 1. The fourth-order valence-corrected chi connectivity index (χ4v) is 1.91. The van der Waals surface area contributed by atoms with Gasteiger partial charge in [-0.3, -0.25) is 9.48 Å². The van der Waals surface area contributed by atoms with Crippen molar-refractivity contribution in [1.29, 1.82) is 0 Å². The van der Waals surface area contributed by atoms with Gasteiger partial charge in [0.05, 0.1) is 5.56 Å². The summed E-state index contributed by atoms with van der Waals surface area (Å²) in [5.74, 6) is 0. The summed E-state index contributed by atoms with van der Waals surface area (Å²) in [6.45, 7) is 4.96. The van der Waals surface area contributed by atoms with E-state index < -0.39 is 0 Å². The monoisotopic (exact) mass is 228 g/mol. The van der Waals surface area contributed by atoms with Crippen molar-refractivity contribution in [3.05, 3.63) is 41.6 Å². The number of aryl methyl sites for hydroxylation is 2. The van der Waals surface area contributed by atoms with Gasteiger partial charge in [0.2, 0.25) is 0 Å². The molecule has 88 valence electrons. The Hall–Kier alpha value is -1.90. The summed E-state index contributed by atoms with van der Waals surface area (Å²) in [7, 11) is 0. The van der Waals surface area contributed by atoms with E-state index in [1.807, 2.05) is 42.1 Å². The Morgan fingerprint density at radius 2 is 2.12 bits per heavy atom. The van der Waals surface area contributed by atoms with Gasteiger partial charge in [0, 0.05) is 18.3 Å². The first-order chi connectivity index (χ1) is 8.26. The lowest BCUT2D eigenvalue weighted by atomic mass is 10.0. The van der Waals surface area contributed by atoms with Crippen LogP contribution in [0.2, 0.25) is 0 Å². The summed E-state index contributed by atoms with van der Waals surface area (Å²) < 4.78 is 1.84. The Bertz CT molecular complexity index is 529. The summed E-state index contributed by atoms with van der Waals surface area (Å²) in [4.78, 5) is 11.1. The molecule has 0 atom stereocenters. The van der Waals surface area contributed by atoms with E-state index >= 15 is 0 Å². The van der Waals surface area contributed by atoms with Gasteiger partial charge in [-0.15, -0.1) is 0 Å². The smallest absolute Gasteiger partial charge is 0.153 e. The average molecular weight is 228 g/mol. The minimum atomic E-state index is 0.660. The van der Waals surface area contributed by atoms with E-state index in [1.165, 1.54) is 0 Å². The second-order valence-electron chi connectivity index (χ2n) is 4.13. The van der Waals surface area contributed by atoms with Crippen molar-refractivity contribution in [3.8, 4) is 11.3 Å². The highest BCUT2D eigenvalue weighted by atomic mass is 16.1. The van der Waals surface area contributed by atoms with Crippen LogP contribution in [0.1, 0.15) is 29.3 Å². The molecule has 0 unspecified atom stereocenters. The number of hydrogen-bond donors (Lipinski definition) is 0. The predicted molar refractivity (Wildman–Crippen MR) is 68.1 cm³/mol. The summed E-state index contributed by atoms with van der Waals surface area (Å²) in [6, 6.07) is 7.99. The summed E-state index contributed by atoms with van der Waals surface area (Å²) in [5, 5.41) is 4.49. The van der Waals surface area contributed by atoms with Crippen LogP contribution in [-0.2, 0) is 6.54 Å². The first-order valence-electron chi connectivity index (χ1n) is 5.85. The zero-order chi connectivity index (χ0) is 12.3. The highest BCUT2D eigenvalue weighted by Gasteiger charge is 2.11. The van der Waals surface area contributed by atoms with Gasteiger partial charge in [-0.25, -0.2) is 0 Å². The van der Waals surface area contributed by atoms with Gasteiger partial charge in [0.15, 0.2) is 6.29 Å². The highest BCUT2D eigenvalue weighted by molar-refractivity contribution is 5.86. The maximum atomic E-state index is 11.1. The lowest BCUT2D eigenvalue weighted by Gasteiger charge is -2.02. The molecule has 0 bridgehead atoms. The second kappa shape index (κ2) is 4.95. The molecular formula is C14H16N2O. The Kier molecular flexibility index (Phi) is 3.38. The number of nitrogens with zero attached hydrogens (tertiary/aromatic N) is 2. The van der Waals surface area contributed by atoms with E-state index in [4.69, 9.17) is 0 Å². The standard InChI is InChI=1S/C14H16N2O/c1-3-8-16-9-12(10-17)14(15-16)13-7-5-4-6-11(13)2/h4-7,9-10H,3,8H2,1-2H3. The Morgan fingerprint density at radius 1 is 1.35 bits per heavy atom. The molecule has 1 aromatic carbocycles. The van der Waals surface area contributed by atoms with Gasteiger partial charge in [0.1, 0.15) is 5.69 Å². The number of aldehydes is 1. The van der Waals surface area contributed by atoms with Crippen LogP contribution in [-0.4, -0.2) is 16.1 Å². The van der Waals surface area contributed by atoms with Crippen LogP contribution < -0.4 is 0 Å². The predicted octanol–water partition coefficient (Wildman–Crippen LogP) is 3.08. The van der Waals surface area contributed by atoms with Crippen molar-refractivity contribution in [3.63, 3.8) is 0 Å². The van der Waals surface area contributed by atoms with Gasteiger partial charge in [0.25, 0.3) is 0 Å².